The summed E-state index contributed by atoms with van der Waals surface area (Å²) in [5, 5.41) is 4.03. The molecule has 0 aromatic heterocycles. The van der Waals surface area contributed by atoms with Crippen LogP contribution >= 0.6 is 0 Å². The zero-order chi connectivity index (χ0) is 19.1. The minimum atomic E-state index is -0.392. The molecule has 0 spiro atoms. The quantitative estimate of drug-likeness (QED) is 0.373. The standard InChI is InChI=1S/C22H24N2O3/c1-16-7-11-19(12-8-16)22(26)27-20-13-9-17(10-14-20)15-23-24-21(25)18-5-3-2-4-6-18/h7-15,18H,2-6H2,1H3,(H,24,25)/b23-15+. The van der Waals surface area contributed by atoms with Crippen molar-refractivity contribution < 1.29 is 14.3 Å². The largest absolute Gasteiger partial charge is 0.423 e. The molecule has 140 valence electrons. The van der Waals surface area contributed by atoms with Gasteiger partial charge in [0.05, 0.1) is 11.8 Å². The molecule has 0 heterocycles. The molecule has 2 aromatic rings. The van der Waals surface area contributed by atoms with Crippen LogP contribution in [0.1, 0.15) is 53.6 Å². The molecule has 0 saturated heterocycles. The summed E-state index contributed by atoms with van der Waals surface area (Å²) in [6.45, 7) is 1.97. The van der Waals surface area contributed by atoms with Crippen molar-refractivity contribution in [3.8, 4) is 5.75 Å². The van der Waals surface area contributed by atoms with Gasteiger partial charge in [0.15, 0.2) is 0 Å². The molecule has 5 heteroatoms. The SMILES string of the molecule is Cc1ccc(C(=O)Oc2ccc(/C=N/NC(=O)C3CCCCC3)cc2)cc1. The van der Waals surface area contributed by atoms with E-state index in [0.717, 1.165) is 36.8 Å². The van der Waals surface area contributed by atoms with Gasteiger partial charge in [0.2, 0.25) is 5.91 Å². The van der Waals surface area contributed by atoms with Gasteiger partial charge < -0.3 is 4.74 Å². The summed E-state index contributed by atoms with van der Waals surface area (Å²) in [7, 11) is 0. The highest BCUT2D eigenvalue weighted by Crippen LogP contribution is 2.23. The number of carbonyl (C=O) groups is 2. The predicted molar refractivity (Wildman–Crippen MR) is 105 cm³/mol. The topological polar surface area (TPSA) is 67.8 Å². The number of hydrazone groups is 1. The zero-order valence-electron chi connectivity index (χ0n) is 15.5. The first-order valence-corrected chi connectivity index (χ1v) is 9.33. The van der Waals surface area contributed by atoms with Gasteiger partial charge in [-0.25, -0.2) is 10.2 Å². The van der Waals surface area contributed by atoms with Crippen molar-refractivity contribution in [1.29, 1.82) is 0 Å². The molecular weight excluding hydrogens is 340 g/mol. The lowest BCUT2D eigenvalue weighted by Gasteiger charge is -2.19. The number of nitrogens with zero attached hydrogens (tertiary/aromatic N) is 1. The van der Waals surface area contributed by atoms with Crippen LogP contribution in [0, 0.1) is 12.8 Å². The van der Waals surface area contributed by atoms with Crippen LogP contribution in [-0.4, -0.2) is 18.1 Å². The molecule has 0 unspecified atom stereocenters. The monoisotopic (exact) mass is 364 g/mol. The Morgan fingerprint density at radius 1 is 1.00 bits per heavy atom. The second-order valence-electron chi connectivity index (χ2n) is 6.89. The number of ether oxygens (including phenoxy) is 1. The first-order chi connectivity index (χ1) is 13.1. The Kier molecular flexibility index (Phi) is 6.36. The molecule has 0 atom stereocenters. The minimum absolute atomic E-state index is 0.00500. The number of hydrogen-bond acceptors (Lipinski definition) is 4. The molecule has 0 aliphatic heterocycles. The van der Waals surface area contributed by atoms with Gasteiger partial charge in [-0.05, 0) is 61.7 Å². The van der Waals surface area contributed by atoms with Gasteiger partial charge in [0.25, 0.3) is 0 Å². The van der Waals surface area contributed by atoms with Gasteiger partial charge in [-0.15, -0.1) is 0 Å². The zero-order valence-corrected chi connectivity index (χ0v) is 15.5. The van der Waals surface area contributed by atoms with E-state index in [-0.39, 0.29) is 11.8 Å². The molecule has 5 nitrogen and oxygen atoms in total. The second-order valence-corrected chi connectivity index (χ2v) is 6.89. The Labute approximate surface area is 159 Å². The molecule has 0 radical (unpaired) electrons. The van der Waals surface area contributed by atoms with E-state index in [9.17, 15) is 9.59 Å². The van der Waals surface area contributed by atoms with E-state index in [1.807, 2.05) is 19.1 Å². The maximum Gasteiger partial charge on any atom is 0.343 e. The molecule has 27 heavy (non-hydrogen) atoms. The first-order valence-electron chi connectivity index (χ1n) is 9.33. The Balaban J connectivity index is 1.51. The number of carbonyl (C=O) groups excluding carboxylic acids is 2. The summed E-state index contributed by atoms with van der Waals surface area (Å²) < 4.78 is 5.36. The van der Waals surface area contributed by atoms with E-state index < -0.39 is 5.97 Å². The van der Waals surface area contributed by atoms with Crippen LogP contribution in [-0.2, 0) is 4.79 Å². The molecule has 1 aliphatic rings. The third kappa shape index (κ3) is 5.51. The second kappa shape index (κ2) is 9.12. The molecule has 1 saturated carbocycles. The highest BCUT2D eigenvalue weighted by Gasteiger charge is 2.20. The van der Waals surface area contributed by atoms with Crippen LogP contribution in [0.3, 0.4) is 0 Å². The van der Waals surface area contributed by atoms with Crippen LogP contribution in [0.15, 0.2) is 53.6 Å². The van der Waals surface area contributed by atoms with E-state index in [1.165, 1.54) is 6.42 Å². The maximum atomic E-state index is 12.1. The lowest BCUT2D eigenvalue weighted by molar-refractivity contribution is -0.125. The molecule has 2 aromatic carbocycles. The Hall–Kier alpha value is -2.95. The third-order valence-electron chi connectivity index (χ3n) is 4.74. The number of nitrogens with one attached hydrogen (secondary N) is 1. The summed E-state index contributed by atoms with van der Waals surface area (Å²) in [6.07, 6.45) is 6.93. The van der Waals surface area contributed by atoms with Crippen LogP contribution in [0.4, 0.5) is 0 Å². The van der Waals surface area contributed by atoms with Crippen molar-refractivity contribution in [3.05, 3.63) is 65.2 Å². The van der Waals surface area contributed by atoms with Gasteiger partial charge in [-0.2, -0.15) is 5.10 Å². The number of rotatable bonds is 5. The normalized spacial score (nSPS) is 14.9. The fourth-order valence-electron chi connectivity index (χ4n) is 3.10. The lowest BCUT2D eigenvalue weighted by atomic mass is 9.89. The molecular formula is C22H24N2O3. The van der Waals surface area contributed by atoms with Crippen molar-refractivity contribution in [2.45, 2.75) is 39.0 Å². The van der Waals surface area contributed by atoms with E-state index in [2.05, 4.69) is 10.5 Å². The van der Waals surface area contributed by atoms with Crippen molar-refractivity contribution in [2.24, 2.45) is 11.0 Å². The number of hydrogen-bond donors (Lipinski definition) is 1. The van der Waals surface area contributed by atoms with Crippen molar-refractivity contribution in [1.82, 2.24) is 5.43 Å². The number of esters is 1. The summed E-state index contributed by atoms with van der Waals surface area (Å²) in [6, 6.07) is 14.2. The summed E-state index contributed by atoms with van der Waals surface area (Å²) in [4.78, 5) is 24.1. The summed E-state index contributed by atoms with van der Waals surface area (Å²) in [5.74, 6) is 0.147. The lowest BCUT2D eigenvalue weighted by Crippen LogP contribution is -2.28. The molecule has 1 amide bonds. The van der Waals surface area contributed by atoms with E-state index in [4.69, 9.17) is 4.74 Å². The predicted octanol–water partition coefficient (Wildman–Crippen LogP) is 4.24. The average Bonchev–Trinajstić information content (AvgIpc) is 2.70. The van der Waals surface area contributed by atoms with Gasteiger partial charge in [-0.1, -0.05) is 37.0 Å². The van der Waals surface area contributed by atoms with Crippen LogP contribution < -0.4 is 10.2 Å². The fourth-order valence-corrected chi connectivity index (χ4v) is 3.10. The van der Waals surface area contributed by atoms with Gasteiger partial charge >= 0.3 is 5.97 Å². The number of amides is 1. The molecule has 1 aliphatic carbocycles. The maximum absolute atomic E-state index is 12.1. The highest BCUT2D eigenvalue weighted by atomic mass is 16.5. The average molecular weight is 364 g/mol. The molecule has 1 N–H and O–H groups in total. The number of benzene rings is 2. The Morgan fingerprint density at radius 3 is 2.33 bits per heavy atom. The smallest absolute Gasteiger partial charge is 0.343 e. The van der Waals surface area contributed by atoms with E-state index >= 15 is 0 Å². The summed E-state index contributed by atoms with van der Waals surface area (Å²) in [5.41, 5.74) is 5.03. The van der Waals surface area contributed by atoms with E-state index in [0.29, 0.717) is 11.3 Å². The number of aryl methyl sites for hydroxylation is 1. The summed E-state index contributed by atoms with van der Waals surface area (Å²) >= 11 is 0. The van der Waals surface area contributed by atoms with Crippen molar-refractivity contribution in [2.75, 3.05) is 0 Å². The van der Waals surface area contributed by atoms with Crippen molar-refractivity contribution >= 4 is 18.1 Å². The fraction of sp³-hybridized carbons (Fsp3) is 0.318. The van der Waals surface area contributed by atoms with E-state index in [1.54, 1.807) is 42.6 Å². The highest BCUT2D eigenvalue weighted by molar-refractivity contribution is 5.91. The molecule has 0 bridgehead atoms. The van der Waals surface area contributed by atoms with Gasteiger partial charge in [0, 0.05) is 5.92 Å². The van der Waals surface area contributed by atoms with Crippen LogP contribution in [0.2, 0.25) is 0 Å². The van der Waals surface area contributed by atoms with Crippen molar-refractivity contribution in [3.63, 3.8) is 0 Å². The minimum Gasteiger partial charge on any atom is -0.423 e. The first kappa shape index (κ1) is 18.8. The van der Waals surface area contributed by atoms with Gasteiger partial charge in [-0.3, -0.25) is 4.79 Å². The molecule has 1 fully saturated rings. The van der Waals surface area contributed by atoms with Gasteiger partial charge in [0.1, 0.15) is 5.75 Å². The van der Waals surface area contributed by atoms with Crippen LogP contribution in [0.5, 0.6) is 5.75 Å². The Morgan fingerprint density at radius 2 is 1.67 bits per heavy atom. The molecule has 3 rings (SSSR count). The third-order valence-corrected chi connectivity index (χ3v) is 4.74. The van der Waals surface area contributed by atoms with Crippen LogP contribution in [0.25, 0.3) is 0 Å². The Bertz CT molecular complexity index is 804.